The topological polar surface area (TPSA) is 29.5 Å². The molecule has 0 aromatic rings. The summed E-state index contributed by atoms with van der Waals surface area (Å²) in [6, 6.07) is 0. The molecular weight excluding hydrogens is 232 g/mol. The highest BCUT2D eigenvalue weighted by molar-refractivity contribution is 7.99. The maximum absolute atomic E-state index is 9.83. The van der Waals surface area contributed by atoms with E-state index in [1.807, 2.05) is 0 Å². The van der Waals surface area contributed by atoms with Gasteiger partial charge in [0, 0.05) is 12.4 Å². The van der Waals surface area contributed by atoms with E-state index < -0.39 is 0 Å². The molecule has 3 fully saturated rings. The second kappa shape index (κ2) is 5.10. The maximum atomic E-state index is 9.83. The quantitative estimate of drug-likeness (QED) is 0.782. The van der Waals surface area contributed by atoms with Crippen LogP contribution in [0, 0.1) is 11.8 Å². The Morgan fingerprint density at radius 1 is 1.18 bits per heavy atom. The highest BCUT2D eigenvalue weighted by atomic mass is 32.2. The molecule has 0 radical (unpaired) electrons. The predicted molar refractivity (Wildman–Crippen MR) is 71.3 cm³/mol. The van der Waals surface area contributed by atoms with Crippen LogP contribution in [0.4, 0.5) is 0 Å². The lowest BCUT2D eigenvalue weighted by Crippen LogP contribution is -2.42. The van der Waals surface area contributed by atoms with Crippen molar-refractivity contribution in [2.45, 2.75) is 56.7 Å². The van der Waals surface area contributed by atoms with Crippen molar-refractivity contribution in [2.75, 3.05) is 18.1 Å². The first kappa shape index (κ1) is 12.3. The molecule has 98 valence electrons. The first-order valence-electron chi connectivity index (χ1n) is 7.17. The van der Waals surface area contributed by atoms with Crippen molar-refractivity contribution in [2.24, 2.45) is 11.8 Å². The van der Waals surface area contributed by atoms with Crippen molar-refractivity contribution in [3.8, 4) is 0 Å². The van der Waals surface area contributed by atoms with E-state index in [2.05, 4.69) is 11.8 Å². The van der Waals surface area contributed by atoms with E-state index in [-0.39, 0.29) is 11.7 Å². The highest BCUT2D eigenvalue weighted by Crippen LogP contribution is 2.45. The molecule has 1 saturated carbocycles. The summed E-state index contributed by atoms with van der Waals surface area (Å²) in [5.74, 6) is 4.07. The lowest BCUT2D eigenvalue weighted by atomic mass is 9.72. The van der Waals surface area contributed by atoms with E-state index in [9.17, 15) is 5.11 Å². The second-order valence-electron chi connectivity index (χ2n) is 6.17. The maximum Gasteiger partial charge on any atom is 0.0783 e. The van der Waals surface area contributed by atoms with Crippen molar-refractivity contribution in [3.05, 3.63) is 0 Å². The standard InChI is InChI=1S/C14H24O2S/c15-13-3-1-2-11(8-13)12-4-6-16-14(9-12)5-7-17-10-14/h11-13,15H,1-10H2. The fourth-order valence-electron chi connectivity index (χ4n) is 3.96. The van der Waals surface area contributed by atoms with Crippen LogP contribution in [-0.4, -0.2) is 34.9 Å². The van der Waals surface area contributed by atoms with Gasteiger partial charge in [-0.15, -0.1) is 0 Å². The Kier molecular flexibility index (Phi) is 3.69. The van der Waals surface area contributed by atoms with Crippen LogP contribution in [0.1, 0.15) is 44.9 Å². The molecule has 4 atom stereocenters. The Morgan fingerprint density at radius 2 is 2.12 bits per heavy atom. The average Bonchev–Trinajstić information content (AvgIpc) is 2.77. The van der Waals surface area contributed by atoms with Gasteiger partial charge in [0.15, 0.2) is 0 Å². The Labute approximate surface area is 108 Å². The molecule has 1 aliphatic carbocycles. The number of rotatable bonds is 1. The minimum atomic E-state index is -0.0227. The molecule has 0 bridgehead atoms. The molecule has 3 heteroatoms. The number of thioether (sulfide) groups is 1. The first-order chi connectivity index (χ1) is 8.27. The molecule has 2 nitrogen and oxygen atoms in total. The third kappa shape index (κ3) is 2.66. The van der Waals surface area contributed by atoms with Gasteiger partial charge >= 0.3 is 0 Å². The van der Waals surface area contributed by atoms with Gasteiger partial charge < -0.3 is 9.84 Å². The molecule has 17 heavy (non-hydrogen) atoms. The fourth-order valence-corrected chi connectivity index (χ4v) is 5.34. The van der Waals surface area contributed by atoms with E-state index in [1.54, 1.807) is 0 Å². The normalized spacial score (nSPS) is 47.5. The van der Waals surface area contributed by atoms with Gasteiger partial charge in [0.25, 0.3) is 0 Å². The van der Waals surface area contributed by atoms with Crippen molar-refractivity contribution in [1.82, 2.24) is 0 Å². The van der Waals surface area contributed by atoms with Gasteiger partial charge in [-0.2, -0.15) is 11.8 Å². The third-order valence-corrected chi connectivity index (χ3v) is 6.17. The summed E-state index contributed by atoms with van der Waals surface area (Å²) in [6.07, 6.45) is 8.36. The molecule has 0 aromatic carbocycles. The van der Waals surface area contributed by atoms with Gasteiger partial charge in [0.05, 0.1) is 11.7 Å². The number of aliphatic hydroxyl groups excluding tert-OH is 1. The van der Waals surface area contributed by atoms with Crippen LogP contribution in [0.5, 0.6) is 0 Å². The van der Waals surface area contributed by atoms with Crippen LogP contribution in [0.15, 0.2) is 0 Å². The molecule has 4 unspecified atom stereocenters. The lowest BCUT2D eigenvalue weighted by Gasteiger charge is -2.42. The van der Waals surface area contributed by atoms with Gasteiger partial charge in [-0.05, 0) is 56.1 Å². The van der Waals surface area contributed by atoms with Crippen LogP contribution in [-0.2, 0) is 4.74 Å². The molecule has 1 N–H and O–H groups in total. The summed E-state index contributed by atoms with van der Waals surface area (Å²) in [4.78, 5) is 0. The van der Waals surface area contributed by atoms with Gasteiger partial charge in [-0.25, -0.2) is 0 Å². The minimum absolute atomic E-state index is 0.0227. The molecule has 2 saturated heterocycles. The molecule has 0 amide bonds. The zero-order valence-corrected chi connectivity index (χ0v) is 11.4. The first-order valence-corrected chi connectivity index (χ1v) is 8.33. The molecule has 3 aliphatic rings. The summed E-state index contributed by atoms with van der Waals surface area (Å²) in [6.45, 7) is 0.956. The van der Waals surface area contributed by atoms with Crippen molar-refractivity contribution < 1.29 is 9.84 Å². The van der Waals surface area contributed by atoms with Crippen LogP contribution in [0.2, 0.25) is 0 Å². The Hall–Kier alpha value is 0.270. The Morgan fingerprint density at radius 3 is 2.88 bits per heavy atom. The summed E-state index contributed by atoms with van der Waals surface area (Å²) >= 11 is 2.05. The third-order valence-electron chi connectivity index (χ3n) is 4.95. The van der Waals surface area contributed by atoms with E-state index in [0.717, 1.165) is 31.3 Å². The molecule has 3 rings (SSSR count). The van der Waals surface area contributed by atoms with Crippen LogP contribution < -0.4 is 0 Å². The highest BCUT2D eigenvalue weighted by Gasteiger charge is 2.42. The average molecular weight is 256 g/mol. The zero-order chi connectivity index (χ0) is 11.7. The lowest BCUT2D eigenvalue weighted by molar-refractivity contribution is -0.0953. The van der Waals surface area contributed by atoms with Crippen molar-refractivity contribution >= 4 is 11.8 Å². The number of aliphatic hydroxyl groups is 1. The number of hydrogen-bond donors (Lipinski definition) is 1. The summed E-state index contributed by atoms with van der Waals surface area (Å²) < 4.78 is 6.09. The van der Waals surface area contributed by atoms with Gasteiger partial charge in [0.2, 0.25) is 0 Å². The Bertz CT molecular complexity index is 263. The molecule has 0 aromatic heterocycles. The molecular formula is C14H24O2S. The largest absolute Gasteiger partial charge is 0.393 e. The number of hydrogen-bond acceptors (Lipinski definition) is 3. The molecule has 2 heterocycles. The van der Waals surface area contributed by atoms with Crippen molar-refractivity contribution in [3.63, 3.8) is 0 Å². The summed E-state index contributed by atoms with van der Waals surface area (Å²) in [5, 5.41) is 9.83. The number of ether oxygens (including phenoxy) is 1. The summed E-state index contributed by atoms with van der Waals surface area (Å²) in [7, 11) is 0. The summed E-state index contributed by atoms with van der Waals surface area (Å²) in [5.41, 5.74) is 0.218. The van der Waals surface area contributed by atoms with Gasteiger partial charge in [-0.3, -0.25) is 0 Å². The van der Waals surface area contributed by atoms with E-state index >= 15 is 0 Å². The smallest absolute Gasteiger partial charge is 0.0783 e. The van der Waals surface area contributed by atoms with Gasteiger partial charge in [-0.1, -0.05) is 6.42 Å². The predicted octanol–water partition coefficient (Wildman–Crippen LogP) is 2.84. The van der Waals surface area contributed by atoms with E-state index in [1.165, 1.54) is 43.6 Å². The molecule has 2 aliphatic heterocycles. The minimum Gasteiger partial charge on any atom is -0.393 e. The van der Waals surface area contributed by atoms with Crippen LogP contribution in [0.3, 0.4) is 0 Å². The van der Waals surface area contributed by atoms with E-state index in [0.29, 0.717) is 0 Å². The van der Waals surface area contributed by atoms with Gasteiger partial charge in [0.1, 0.15) is 0 Å². The second-order valence-corrected chi connectivity index (χ2v) is 7.27. The zero-order valence-electron chi connectivity index (χ0n) is 10.6. The van der Waals surface area contributed by atoms with E-state index in [4.69, 9.17) is 4.74 Å². The Balaban J connectivity index is 1.62. The molecule has 1 spiro atoms. The van der Waals surface area contributed by atoms with Crippen LogP contribution in [0.25, 0.3) is 0 Å². The fraction of sp³-hybridized carbons (Fsp3) is 1.00. The van der Waals surface area contributed by atoms with Crippen LogP contribution >= 0.6 is 11.8 Å². The monoisotopic (exact) mass is 256 g/mol. The van der Waals surface area contributed by atoms with Crippen molar-refractivity contribution in [1.29, 1.82) is 0 Å². The SMILES string of the molecule is OC1CCCC(C2CCOC3(CCSC3)C2)C1.